The van der Waals surface area contributed by atoms with Gasteiger partial charge >= 0.3 is 0 Å². The van der Waals surface area contributed by atoms with Gasteiger partial charge in [0.05, 0.1) is 5.69 Å². The molecule has 0 bridgehead atoms. The smallest absolute Gasteiger partial charge is 0.199 e. The summed E-state index contributed by atoms with van der Waals surface area (Å²) >= 11 is 0. The van der Waals surface area contributed by atoms with E-state index >= 15 is 0 Å². The number of hydrogen-bond acceptors (Lipinski definition) is 2. The second-order valence-corrected chi connectivity index (χ2v) is 1.74. The molecule has 2 rings (SSSR count). The van der Waals surface area contributed by atoms with E-state index in [1.165, 1.54) is 0 Å². The highest BCUT2D eigenvalue weighted by molar-refractivity contribution is 5.52. The van der Waals surface area contributed by atoms with Crippen molar-refractivity contribution in [3.05, 3.63) is 24.8 Å². The quantitative estimate of drug-likeness (QED) is 0.553. The molecule has 43 valence electrons. The average molecular weight is 118 g/mol. The first-order valence-electron chi connectivity index (χ1n) is 2.63. The summed E-state index contributed by atoms with van der Waals surface area (Å²) in [4.78, 5) is 10.6. The molecule has 1 N–H and O–H groups in total. The summed E-state index contributed by atoms with van der Waals surface area (Å²) in [6.07, 6.45) is 6.12. The van der Waals surface area contributed by atoms with Crippen LogP contribution in [0.25, 0.3) is 11.4 Å². The van der Waals surface area contributed by atoms with Crippen molar-refractivity contribution >= 4 is 0 Å². The number of nitrogens with one attached hydrogen (secondary N) is 1. The lowest BCUT2D eigenvalue weighted by atomic mass is 10.3. The molecule has 3 nitrogen and oxygen atoms in total. The standard InChI is InChI=1S/C6H4N3/c1-2-7-3-6-5(1)8-4-9-6/h1-3,7H. The van der Waals surface area contributed by atoms with E-state index < -0.39 is 0 Å². The Balaban J connectivity index is 2.79. The van der Waals surface area contributed by atoms with Crippen LogP contribution in [0.2, 0.25) is 0 Å². The van der Waals surface area contributed by atoms with Gasteiger partial charge in [-0.15, -0.1) is 0 Å². The van der Waals surface area contributed by atoms with E-state index in [1.807, 2.05) is 12.3 Å². The van der Waals surface area contributed by atoms with Gasteiger partial charge < -0.3 is 4.98 Å². The monoisotopic (exact) mass is 118 g/mol. The molecule has 2 aliphatic heterocycles. The topological polar surface area (TPSA) is 41.6 Å². The molecule has 2 heterocycles. The molecule has 0 atom stereocenters. The maximum absolute atomic E-state index is 3.86. The number of aromatic nitrogens is 3. The highest BCUT2D eigenvalue weighted by atomic mass is 14.9. The molecule has 0 saturated carbocycles. The van der Waals surface area contributed by atoms with Crippen molar-refractivity contribution in [1.29, 1.82) is 0 Å². The normalized spacial score (nSPS) is 10.2. The lowest BCUT2D eigenvalue weighted by Crippen LogP contribution is -1.77. The molecule has 0 saturated heterocycles. The molecule has 0 aromatic heterocycles. The van der Waals surface area contributed by atoms with Crippen LogP contribution in [0.3, 0.4) is 0 Å². The molecule has 1 radical (unpaired) electrons. The largest absolute Gasteiger partial charge is 0.366 e. The highest BCUT2D eigenvalue weighted by Gasteiger charge is 2.00. The lowest BCUT2D eigenvalue weighted by Gasteiger charge is -1.89. The molecule has 0 unspecified atom stereocenters. The van der Waals surface area contributed by atoms with E-state index in [2.05, 4.69) is 21.3 Å². The van der Waals surface area contributed by atoms with Crippen LogP contribution in [0, 0.1) is 6.33 Å². The first-order valence-corrected chi connectivity index (χ1v) is 2.63. The number of pyridine rings is 1. The van der Waals surface area contributed by atoms with Gasteiger partial charge in [-0.2, -0.15) is 0 Å². The van der Waals surface area contributed by atoms with E-state index in [-0.39, 0.29) is 0 Å². The van der Waals surface area contributed by atoms with Gasteiger partial charge in [0.25, 0.3) is 0 Å². The van der Waals surface area contributed by atoms with Crippen LogP contribution in [0.15, 0.2) is 18.5 Å². The van der Waals surface area contributed by atoms with E-state index in [1.54, 1.807) is 6.20 Å². The summed E-state index contributed by atoms with van der Waals surface area (Å²) in [5.74, 6) is 0. The fraction of sp³-hybridized carbons (Fsp3) is 0. The van der Waals surface area contributed by atoms with Crippen molar-refractivity contribution in [2.75, 3.05) is 0 Å². The van der Waals surface area contributed by atoms with Gasteiger partial charge in [-0.05, 0) is 6.07 Å². The molecular weight excluding hydrogens is 114 g/mol. The number of fused-ring (bicyclic) bond motifs is 1. The zero-order chi connectivity index (χ0) is 6.10. The fourth-order valence-corrected chi connectivity index (χ4v) is 0.730. The number of rotatable bonds is 0. The van der Waals surface area contributed by atoms with Gasteiger partial charge in [-0.25, -0.2) is 9.97 Å². The van der Waals surface area contributed by atoms with Gasteiger partial charge in [0.2, 0.25) is 0 Å². The van der Waals surface area contributed by atoms with E-state index in [4.69, 9.17) is 0 Å². The summed E-state index contributed by atoms with van der Waals surface area (Å²) in [6.45, 7) is 0. The minimum absolute atomic E-state index is 0.859. The Morgan fingerprint density at radius 2 is 2.22 bits per heavy atom. The fourth-order valence-electron chi connectivity index (χ4n) is 0.730. The third-order valence-electron chi connectivity index (χ3n) is 1.16. The van der Waals surface area contributed by atoms with Crippen LogP contribution < -0.4 is 0 Å². The summed E-state index contributed by atoms with van der Waals surface area (Å²) < 4.78 is 0. The molecule has 9 heavy (non-hydrogen) atoms. The van der Waals surface area contributed by atoms with Crippen LogP contribution in [0.4, 0.5) is 0 Å². The van der Waals surface area contributed by atoms with E-state index in [0.717, 1.165) is 11.4 Å². The molecule has 0 aliphatic carbocycles. The van der Waals surface area contributed by atoms with E-state index in [9.17, 15) is 0 Å². The van der Waals surface area contributed by atoms with Gasteiger partial charge in [-0.1, -0.05) is 0 Å². The highest BCUT2D eigenvalue weighted by Crippen LogP contribution is 2.11. The summed E-state index contributed by atoms with van der Waals surface area (Å²) in [7, 11) is 0. The minimum Gasteiger partial charge on any atom is -0.366 e. The predicted octanol–water partition coefficient (Wildman–Crippen LogP) is 0.710. The number of imidazole rings is 1. The van der Waals surface area contributed by atoms with Crippen molar-refractivity contribution in [1.82, 2.24) is 15.0 Å². The molecule has 0 spiro atoms. The third-order valence-corrected chi connectivity index (χ3v) is 1.16. The predicted molar refractivity (Wildman–Crippen MR) is 31.8 cm³/mol. The maximum Gasteiger partial charge on any atom is 0.199 e. The molecule has 2 aliphatic rings. The maximum atomic E-state index is 3.86. The van der Waals surface area contributed by atoms with Gasteiger partial charge in [0.1, 0.15) is 5.69 Å². The van der Waals surface area contributed by atoms with Crippen molar-refractivity contribution in [2.45, 2.75) is 0 Å². The number of hydrogen-bond donors (Lipinski definition) is 1. The first-order chi connectivity index (χ1) is 4.47. The summed E-state index contributed by atoms with van der Waals surface area (Å²) in [6, 6.07) is 1.86. The SMILES string of the molecule is [c]1nc2cc[nH]cc-2n1. The zero-order valence-electron chi connectivity index (χ0n) is 4.63. The Bertz CT molecular complexity index is 248. The lowest BCUT2D eigenvalue weighted by molar-refractivity contribution is 1.28. The molecule has 0 aromatic rings. The minimum atomic E-state index is 0.859. The van der Waals surface area contributed by atoms with Crippen molar-refractivity contribution in [2.24, 2.45) is 0 Å². The molecule has 0 fully saturated rings. The van der Waals surface area contributed by atoms with Crippen molar-refractivity contribution < 1.29 is 0 Å². The van der Waals surface area contributed by atoms with Gasteiger partial charge in [0, 0.05) is 12.4 Å². The summed E-state index contributed by atoms with van der Waals surface area (Å²) in [5, 5.41) is 0. The van der Waals surface area contributed by atoms with Crippen LogP contribution in [0.1, 0.15) is 0 Å². The molecule has 0 aromatic carbocycles. The Hall–Kier alpha value is -1.38. The zero-order valence-corrected chi connectivity index (χ0v) is 4.63. The summed E-state index contributed by atoms with van der Waals surface area (Å²) in [5.41, 5.74) is 1.74. The van der Waals surface area contributed by atoms with E-state index in [0.29, 0.717) is 0 Å². The van der Waals surface area contributed by atoms with Crippen LogP contribution in [-0.4, -0.2) is 15.0 Å². The second kappa shape index (κ2) is 1.55. The van der Waals surface area contributed by atoms with Crippen molar-refractivity contribution in [3.63, 3.8) is 0 Å². The van der Waals surface area contributed by atoms with Crippen LogP contribution in [-0.2, 0) is 0 Å². The third kappa shape index (κ3) is 0.579. The average Bonchev–Trinajstić information content (AvgIpc) is 2.33. The Labute approximate surface area is 52.1 Å². The Morgan fingerprint density at radius 1 is 1.33 bits per heavy atom. The molecule has 0 amide bonds. The first kappa shape index (κ1) is 4.49. The van der Waals surface area contributed by atoms with Crippen molar-refractivity contribution in [3.8, 4) is 11.4 Å². The number of aromatic amines is 1. The van der Waals surface area contributed by atoms with Crippen LogP contribution in [0.5, 0.6) is 0 Å². The Kier molecular flexibility index (Phi) is 0.773. The molecular formula is C6H4N3. The number of H-pyrrole nitrogens is 1. The second-order valence-electron chi connectivity index (χ2n) is 1.74. The van der Waals surface area contributed by atoms with Crippen LogP contribution >= 0.6 is 0 Å². The van der Waals surface area contributed by atoms with Gasteiger partial charge in [0.15, 0.2) is 6.33 Å². The van der Waals surface area contributed by atoms with Gasteiger partial charge in [-0.3, -0.25) is 0 Å². The number of nitrogens with zero attached hydrogens (tertiary/aromatic N) is 2. The molecule has 3 heteroatoms. The Morgan fingerprint density at radius 3 is 3.11 bits per heavy atom.